The molecule has 0 amide bonds. The molecule has 5 nitrogen and oxygen atoms in total. The topological polar surface area (TPSA) is 52.3 Å². The van der Waals surface area contributed by atoms with Gasteiger partial charge in [0.1, 0.15) is 17.9 Å². The van der Waals surface area contributed by atoms with Gasteiger partial charge in [0.15, 0.2) is 5.65 Å². The van der Waals surface area contributed by atoms with E-state index in [1.165, 1.54) is 6.07 Å². The van der Waals surface area contributed by atoms with Gasteiger partial charge in [-0.3, -0.25) is 9.38 Å². The number of hydrogen-bond donors (Lipinski definition) is 0. The zero-order valence-corrected chi connectivity index (χ0v) is 15.3. The molecule has 7 heteroatoms. The van der Waals surface area contributed by atoms with E-state index < -0.39 is 0 Å². The number of benzene rings is 1. The number of pyridine rings is 2. The minimum Gasteiger partial charge on any atom is -0.496 e. The summed E-state index contributed by atoms with van der Waals surface area (Å²) in [7, 11) is 1.54. The summed E-state index contributed by atoms with van der Waals surface area (Å²) in [6.07, 6.45) is 6.10. The van der Waals surface area contributed by atoms with Gasteiger partial charge in [-0.1, -0.05) is 17.7 Å². The molecule has 0 fully saturated rings. The standard InChI is InChI=1S/C20H16ClFN4O/c1-27-19-4-2-3-18(22)15(19)8-6-13-5-7-14(20-25-24-12-26(13)20)16-11-23-10-9-17(16)21/h2-5,7,9-12H,6,8H2,1H3. The van der Waals surface area contributed by atoms with E-state index in [1.54, 1.807) is 44.0 Å². The van der Waals surface area contributed by atoms with E-state index in [2.05, 4.69) is 15.2 Å². The predicted molar refractivity (Wildman–Crippen MR) is 102 cm³/mol. The minimum absolute atomic E-state index is 0.270. The van der Waals surface area contributed by atoms with E-state index in [0.29, 0.717) is 34.8 Å². The number of fused-ring (bicyclic) bond motifs is 1. The van der Waals surface area contributed by atoms with E-state index in [-0.39, 0.29) is 5.82 Å². The molecular weight excluding hydrogens is 367 g/mol. The van der Waals surface area contributed by atoms with E-state index in [1.807, 2.05) is 16.5 Å². The van der Waals surface area contributed by atoms with Gasteiger partial charge in [0.25, 0.3) is 0 Å². The Morgan fingerprint density at radius 3 is 2.81 bits per heavy atom. The fourth-order valence-electron chi connectivity index (χ4n) is 3.18. The lowest BCUT2D eigenvalue weighted by Gasteiger charge is -2.12. The van der Waals surface area contributed by atoms with Crippen molar-refractivity contribution in [2.45, 2.75) is 12.8 Å². The number of aryl methyl sites for hydroxylation is 1. The quantitative estimate of drug-likeness (QED) is 0.514. The van der Waals surface area contributed by atoms with E-state index in [9.17, 15) is 4.39 Å². The highest BCUT2D eigenvalue weighted by molar-refractivity contribution is 6.33. The maximum Gasteiger partial charge on any atom is 0.168 e. The Hall–Kier alpha value is -2.99. The van der Waals surface area contributed by atoms with Gasteiger partial charge in [-0.15, -0.1) is 10.2 Å². The van der Waals surface area contributed by atoms with Gasteiger partial charge in [0, 0.05) is 34.8 Å². The average molecular weight is 383 g/mol. The first-order chi connectivity index (χ1) is 13.2. The second-order valence-electron chi connectivity index (χ2n) is 6.04. The summed E-state index contributed by atoms with van der Waals surface area (Å²) in [5, 5.41) is 8.86. The first kappa shape index (κ1) is 17.4. The summed E-state index contributed by atoms with van der Waals surface area (Å²) in [5.41, 5.74) is 3.84. The first-order valence-electron chi connectivity index (χ1n) is 8.42. The lowest BCUT2D eigenvalue weighted by atomic mass is 10.0. The zero-order valence-electron chi connectivity index (χ0n) is 14.6. The SMILES string of the molecule is COc1cccc(F)c1CCc1ccc(-c2cnccc2Cl)c2nncn12. The average Bonchev–Trinajstić information content (AvgIpc) is 3.17. The lowest BCUT2D eigenvalue weighted by molar-refractivity contribution is 0.404. The fourth-order valence-corrected chi connectivity index (χ4v) is 3.39. The molecule has 0 bridgehead atoms. The van der Waals surface area contributed by atoms with Gasteiger partial charge in [-0.05, 0) is 43.2 Å². The normalized spacial score (nSPS) is 11.1. The van der Waals surface area contributed by atoms with Crippen molar-refractivity contribution in [1.82, 2.24) is 19.6 Å². The van der Waals surface area contributed by atoms with E-state index >= 15 is 0 Å². The lowest BCUT2D eigenvalue weighted by Crippen LogP contribution is -2.03. The Labute approximate surface area is 160 Å². The highest BCUT2D eigenvalue weighted by Crippen LogP contribution is 2.30. The van der Waals surface area contributed by atoms with Crippen LogP contribution in [0.5, 0.6) is 5.75 Å². The molecule has 4 rings (SSSR count). The first-order valence-corrected chi connectivity index (χ1v) is 8.79. The van der Waals surface area contributed by atoms with Crippen LogP contribution in [-0.2, 0) is 12.8 Å². The van der Waals surface area contributed by atoms with Crippen LogP contribution in [0.25, 0.3) is 16.8 Å². The molecule has 0 atom stereocenters. The van der Waals surface area contributed by atoms with Gasteiger partial charge in [0.05, 0.1) is 12.1 Å². The van der Waals surface area contributed by atoms with Crippen LogP contribution >= 0.6 is 11.6 Å². The van der Waals surface area contributed by atoms with Crippen LogP contribution in [0, 0.1) is 5.82 Å². The molecule has 3 aromatic heterocycles. The number of hydrogen-bond acceptors (Lipinski definition) is 4. The van der Waals surface area contributed by atoms with Gasteiger partial charge in [-0.2, -0.15) is 0 Å². The molecule has 0 unspecified atom stereocenters. The second-order valence-corrected chi connectivity index (χ2v) is 6.45. The highest BCUT2D eigenvalue weighted by atomic mass is 35.5. The number of rotatable bonds is 5. The molecule has 136 valence electrons. The van der Waals surface area contributed by atoms with Crippen molar-refractivity contribution in [3.05, 3.63) is 77.2 Å². The number of halogens is 2. The van der Waals surface area contributed by atoms with Crippen LogP contribution in [0.3, 0.4) is 0 Å². The summed E-state index contributed by atoms with van der Waals surface area (Å²) < 4.78 is 21.4. The van der Waals surface area contributed by atoms with Gasteiger partial charge in [0.2, 0.25) is 0 Å². The summed E-state index contributed by atoms with van der Waals surface area (Å²) in [6.45, 7) is 0. The van der Waals surface area contributed by atoms with E-state index in [0.717, 1.165) is 16.8 Å². The number of ether oxygens (including phenoxy) is 1. The number of methoxy groups -OCH3 is 1. The van der Waals surface area contributed by atoms with Crippen LogP contribution in [-0.4, -0.2) is 26.7 Å². The molecule has 4 aromatic rings. The summed E-state index contributed by atoms with van der Waals surface area (Å²) >= 11 is 6.30. The zero-order chi connectivity index (χ0) is 18.8. The largest absolute Gasteiger partial charge is 0.496 e. The summed E-state index contributed by atoms with van der Waals surface area (Å²) in [4.78, 5) is 4.14. The van der Waals surface area contributed by atoms with Crippen LogP contribution in [0.1, 0.15) is 11.3 Å². The van der Waals surface area contributed by atoms with Crippen LogP contribution in [0.2, 0.25) is 5.02 Å². The molecule has 0 aliphatic heterocycles. The van der Waals surface area contributed by atoms with Crippen molar-refractivity contribution in [2.75, 3.05) is 7.11 Å². The summed E-state index contributed by atoms with van der Waals surface area (Å²) in [5.74, 6) is 0.280. The molecule has 0 saturated carbocycles. The van der Waals surface area contributed by atoms with Crippen molar-refractivity contribution in [3.8, 4) is 16.9 Å². The molecule has 1 aromatic carbocycles. The van der Waals surface area contributed by atoms with Gasteiger partial charge < -0.3 is 4.74 Å². The molecule has 0 spiro atoms. The maximum absolute atomic E-state index is 14.2. The Morgan fingerprint density at radius 2 is 2.00 bits per heavy atom. The molecule has 0 aliphatic rings. The van der Waals surface area contributed by atoms with E-state index in [4.69, 9.17) is 16.3 Å². The van der Waals surface area contributed by atoms with Crippen molar-refractivity contribution >= 4 is 17.2 Å². The Bertz CT molecular complexity index is 1110. The molecule has 0 N–H and O–H groups in total. The Kier molecular flexibility index (Phi) is 4.73. The molecular formula is C20H16ClFN4O. The Balaban J connectivity index is 1.70. The molecule has 3 heterocycles. The summed E-state index contributed by atoms with van der Waals surface area (Å²) in [6, 6.07) is 10.5. The third-order valence-electron chi connectivity index (χ3n) is 4.53. The molecule has 0 saturated heterocycles. The van der Waals surface area contributed by atoms with Crippen molar-refractivity contribution in [2.24, 2.45) is 0 Å². The highest BCUT2D eigenvalue weighted by Gasteiger charge is 2.14. The number of nitrogens with zero attached hydrogens (tertiary/aromatic N) is 4. The smallest absolute Gasteiger partial charge is 0.168 e. The third-order valence-corrected chi connectivity index (χ3v) is 4.86. The van der Waals surface area contributed by atoms with Gasteiger partial charge >= 0.3 is 0 Å². The van der Waals surface area contributed by atoms with Crippen molar-refractivity contribution in [1.29, 1.82) is 0 Å². The van der Waals surface area contributed by atoms with Crippen LogP contribution < -0.4 is 4.74 Å². The second kappa shape index (κ2) is 7.32. The Morgan fingerprint density at radius 1 is 1.11 bits per heavy atom. The monoisotopic (exact) mass is 382 g/mol. The number of aromatic nitrogens is 4. The van der Waals surface area contributed by atoms with Gasteiger partial charge in [-0.25, -0.2) is 4.39 Å². The van der Waals surface area contributed by atoms with Crippen LogP contribution in [0.4, 0.5) is 4.39 Å². The molecule has 0 radical (unpaired) electrons. The maximum atomic E-state index is 14.2. The van der Waals surface area contributed by atoms with Crippen molar-refractivity contribution in [3.63, 3.8) is 0 Å². The molecule has 27 heavy (non-hydrogen) atoms. The van der Waals surface area contributed by atoms with Crippen molar-refractivity contribution < 1.29 is 9.13 Å². The van der Waals surface area contributed by atoms with Crippen LogP contribution in [0.15, 0.2) is 55.1 Å². The third kappa shape index (κ3) is 3.24. The predicted octanol–water partition coefficient (Wildman–Crippen LogP) is 4.38. The molecule has 0 aliphatic carbocycles. The minimum atomic E-state index is -0.270. The fraction of sp³-hybridized carbons (Fsp3) is 0.150.